The maximum Gasteiger partial charge on any atom is 0.307 e. The third-order valence-electron chi connectivity index (χ3n) is 2.28. The van der Waals surface area contributed by atoms with E-state index in [1.54, 1.807) is 0 Å². The number of carbonyl (C=O) groups is 1. The van der Waals surface area contributed by atoms with Gasteiger partial charge in [0.2, 0.25) is 0 Å². The minimum Gasteiger partial charge on any atom is -0.481 e. The first-order valence-corrected chi connectivity index (χ1v) is 5.53. The number of hydrogen-bond donors (Lipinski definition) is 1. The van der Waals surface area contributed by atoms with Gasteiger partial charge in [0.25, 0.3) is 0 Å². The average Bonchev–Trinajstić information content (AvgIpc) is 2.10. The number of carboxylic acid groups (broad SMARTS) is 1. The quantitative estimate of drug-likeness (QED) is 0.845. The molecular weight excluding hydrogens is 244 g/mol. The van der Waals surface area contributed by atoms with Crippen LogP contribution in [-0.2, 0) is 16.5 Å². The standard InChI is InChI=1S/C11H13BrO2/c1-7-4-10(6-12)8(2)3-9(7)5-11(13)14/h3-4H,5-6H2,1-2H3,(H,13,14). The third-order valence-corrected chi connectivity index (χ3v) is 2.88. The van der Waals surface area contributed by atoms with Crippen molar-refractivity contribution in [3.63, 3.8) is 0 Å². The Labute approximate surface area is 92.1 Å². The first-order chi connectivity index (χ1) is 6.54. The second kappa shape index (κ2) is 4.60. The van der Waals surface area contributed by atoms with E-state index in [1.165, 1.54) is 5.56 Å². The van der Waals surface area contributed by atoms with Crippen molar-refractivity contribution in [1.29, 1.82) is 0 Å². The molecule has 1 N–H and O–H groups in total. The molecule has 0 aromatic heterocycles. The predicted molar refractivity (Wildman–Crippen MR) is 59.9 cm³/mol. The molecule has 0 spiro atoms. The molecule has 0 unspecified atom stereocenters. The second-order valence-corrected chi connectivity index (χ2v) is 3.97. The molecule has 2 nitrogen and oxygen atoms in total. The van der Waals surface area contributed by atoms with Gasteiger partial charge in [-0.1, -0.05) is 28.1 Å². The molecule has 14 heavy (non-hydrogen) atoms. The topological polar surface area (TPSA) is 37.3 Å². The summed E-state index contributed by atoms with van der Waals surface area (Å²) in [5.74, 6) is -0.779. The number of benzene rings is 1. The van der Waals surface area contributed by atoms with Crippen molar-refractivity contribution < 1.29 is 9.90 Å². The highest BCUT2D eigenvalue weighted by Gasteiger charge is 2.06. The van der Waals surface area contributed by atoms with Crippen LogP contribution in [0.25, 0.3) is 0 Å². The van der Waals surface area contributed by atoms with Crippen LogP contribution in [-0.4, -0.2) is 11.1 Å². The zero-order valence-corrected chi connectivity index (χ0v) is 9.89. The molecule has 0 saturated heterocycles. The molecule has 0 bridgehead atoms. The average molecular weight is 257 g/mol. The number of aliphatic carboxylic acids is 1. The second-order valence-electron chi connectivity index (χ2n) is 3.41. The van der Waals surface area contributed by atoms with Crippen molar-refractivity contribution in [2.45, 2.75) is 25.6 Å². The van der Waals surface area contributed by atoms with Gasteiger partial charge in [-0.25, -0.2) is 0 Å². The summed E-state index contributed by atoms with van der Waals surface area (Å²) in [6.45, 7) is 3.95. The predicted octanol–water partition coefficient (Wildman–Crippen LogP) is 2.83. The summed E-state index contributed by atoms with van der Waals surface area (Å²) in [5, 5.41) is 9.51. The van der Waals surface area contributed by atoms with Gasteiger partial charge in [-0.3, -0.25) is 4.79 Å². The molecule has 1 aromatic carbocycles. The minimum atomic E-state index is -0.779. The summed E-state index contributed by atoms with van der Waals surface area (Å²) in [4.78, 5) is 10.6. The van der Waals surface area contributed by atoms with Crippen LogP contribution in [0.2, 0.25) is 0 Å². The molecule has 1 aromatic rings. The fraction of sp³-hybridized carbons (Fsp3) is 0.364. The molecule has 0 saturated carbocycles. The van der Waals surface area contributed by atoms with Gasteiger partial charge in [0.05, 0.1) is 6.42 Å². The molecule has 0 aliphatic rings. The molecule has 0 aliphatic heterocycles. The SMILES string of the molecule is Cc1cc(CC(=O)O)c(C)cc1CBr. The molecule has 0 atom stereocenters. The Kier molecular flexibility index (Phi) is 3.69. The molecule has 0 aliphatic carbocycles. The van der Waals surface area contributed by atoms with Crippen LogP contribution in [0.15, 0.2) is 12.1 Å². The van der Waals surface area contributed by atoms with Crippen LogP contribution in [0.1, 0.15) is 22.3 Å². The van der Waals surface area contributed by atoms with Gasteiger partial charge in [0, 0.05) is 5.33 Å². The van der Waals surface area contributed by atoms with Crippen molar-refractivity contribution in [2.75, 3.05) is 0 Å². The lowest BCUT2D eigenvalue weighted by molar-refractivity contribution is -0.136. The molecule has 76 valence electrons. The van der Waals surface area contributed by atoms with Crippen molar-refractivity contribution >= 4 is 21.9 Å². The maximum absolute atomic E-state index is 10.6. The van der Waals surface area contributed by atoms with Gasteiger partial charge in [-0.15, -0.1) is 0 Å². The summed E-state index contributed by atoms with van der Waals surface area (Å²) in [6.07, 6.45) is 0.106. The van der Waals surface area contributed by atoms with Gasteiger partial charge in [-0.05, 0) is 36.1 Å². The Balaban J connectivity index is 3.08. The van der Waals surface area contributed by atoms with Gasteiger partial charge < -0.3 is 5.11 Å². The van der Waals surface area contributed by atoms with E-state index in [1.807, 2.05) is 26.0 Å². The number of carboxylic acids is 1. The van der Waals surface area contributed by atoms with E-state index in [2.05, 4.69) is 15.9 Å². The smallest absolute Gasteiger partial charge is 0.307 e. The lowest BCUT2D eigenvalue weighted by Crippen LogP contribution is -2.03. The Bertz CT molecular complexity index is 359. The zero-order chi connectivity index (χ0) is 10.7. The number of alkyl halides is 1. The molecule has 0 heterocycles. The normalized spacial score (nSPS) is 10.2. The van der Waals surface area contributed by atoms with E-state index in [-0.39, 0.29) is 6.42 Å². The van der Waals surface area contributed by atoms with Crippen molar-refractivity contribution in [1.82, 2.24) is 0 Å². The van der Waals surface area contributed by atoms with Crippen LogP contribution < -0.4 is 0 Å². The van der Waals surface area contributed by atoms with Crippen LogP contribution >= 0.6 is 15.9 Å². The molecule has 0 radical (unpaired) electrons. The van der Waals surface area contributed by atoms with Gasteiger partial charge in [0.15, 0.2) is 0 Å². The van der Waals surface area contributed by atoms with Crippen molar-refractivity contribution in [2.24, 2.45) is 0 Å². The molecule has 1 rings (SSSR count). The number of aryl methyl sites for hydroxylation is 2. The van der Waals surface area contributed by atoms with E-state index in [0.29, 0.717) is 0 Å². The molecule has 3 heteroatoms. The number of halogens is 1. The van der Waals surface area contributed by atoms with Crippen LogP contribution in [0, 0.1) is 13.8 Å². The highest BCUT2D eigenvalue weighted by molar-refractivity contribution is 9.08. The summed E-state index contributed by atoms with van der Waals surface area (Å²) >= 11 is 3.40. The van der Waals surface area contributed by atoms with E-state index >= 15 is 0 Å². The Hall–Kier alpha value is -0.830. The fourth-order valence-corrected chi connectivity index (χ4v) is 2.04. The Morgan fingerprint density at radius 2 is 1.79 bits per heavy atom. The number of rotatable bonds is 3. The summed E-state index contributed by atoms with van der Waals surface area (Å²) in [7, 11) is 0. The summed E-state index contributed by atoms with van der Waals surface area (Å²) < 4.78 is 0. The highest BCUT2D eigenvalue weighted by atomic mass is 79.9. The van der Waals surface area contributed by atoms with Gasteiger partial charge in [-0.2, -0.15) is 0 Å². The zero-order valence-electron chi connectivity index (χ0n) is 8.30. The maximum atomic E-state index is 10.6. The van der Waals surface area contributed by atoms with Crippen LogP contribution in [0.5, 0.6) is 0 Å². The van der Waals surface area contributed by atoms with E-state index in [4.69, 9.17) is 5.11 Å². The summed E-state index contributed by atoms with van der Waals surface area (Å²) in [6, 6.07) is 4.00. The monoisotopic (exact) mass is 256 g/mol. The highest BCUT2D eigenvalue weighted by Crippen LogP contribution is 2.18. The van der Waals surface area contributed by atoms with E-state index < -0.39 is 5.97 Å². The Morgan fingerprint density at radius 1 is 1.29 bits per heavy atom. The Morgan fingerprint density at radius 3 is 2.29 bits per heavy atom. The third kappa shape index (κ3) is 2.58. The van der Waals surface area contributed by atoms with Gasteiger partial charge in [0.1, 0.15) is 0 Å². The molecule has 0 fully saturated rings. The molecule has 0 amide bonds. The first kappa shape index (κ1) is 11.2. The lowest BCUT2D eigenvalue weighted by Gasteiger charge is -2.08. The summed E-state index contributed by atoms with van der Waals surface area (Å²) in [5.41, 5.74) is 4.31. The van der Waals surface area contributed by atoms with E-state index in [0.717, 1.165) is 22.0 Å². The van der Waals surface area contributed by atoms with Crippen molar-refractivity contribution in [3.05, 3.63) is 34.4 Å². The lowest BCUT2D eigenvalue weighted by atomic mass is 9.99. The minimum absolute atomic E-state index is 0.106. The van der Waals surface area contributed by atoms with Gasteiger partial charge >= 0.3 is 5.97 Å². The van der Waals surface area contributed by atoms with Crippen molar-refractivity contribution in [3.8, 4) is 0 Å². The molecular formula is C11H13BrO2. The van der Waals surface area contributed by atoms with E-state index in [9.17, 15) is 4.79 Å². The largest absolute Gasteiger partial charge is 0.481 e. The number of hydrogen-bond acceptors (Lipinski definition) is 1. The first-order valence-electron chi connectivity index (χ1n) is 4.41. The fourth-order valence-electron chi connectivity index (χ4n) is 1.43. The van der Waals surface area contributed by atoms with Crippen LogP contribution in [0.3, 0.4) is 0 Å². The van der Waals surface area contributed by atoms with Crippen LogP contribution in [0.4, 0.5) is 0 Å².